The molecule has 118 valence electrons. The van der Waals surface area contributed by atoms with Gasteiger partial charge in [0.15, 0.2) is 0 Å². The lowest BCUT2D eigenvalue weighted by Crippen LogP contribution is -2.32. The van der Waals surface area contributed by atoms with Crippen LogP contribution in [0.1, 0.15) is 44.6 Å². The van der Waals surface area contributed by atoms with Gasteiger partial charge in [-0.2, -0.15) is 0 Å². The highest BCUT2D eigenvalue weighted by Crippen LogP contribution is 2.26. The van der Waals surface area contributed by atoms with E-state index in [4.69, 9.17) is 4.74 Å². The van der Waals surface area contributed by atoms with Crippen molar-refractivity contribution in [1.82, 2.24) is 5.32 Å². The van der Waals surface area contributed by atoms with E-state index in [1.807, 2.05) is 18.2 Å². The smallest absolute Gasteiger partial charge is 0.119 e. The summed E-state index contributed by atoms with van der Waals surface area (Å²) in [5, 5.41) is 13.3. The van der Waals surface area contributed by atoms with Gasteiger partial charge in [-0.15, -0.1) is 0 Å². The number of aryl methyl sites for hydroxylation is 1. The number of hydrogen-bond acceptors (Lipinski definition) is 3. The van der Waals surface area contributed by atoms with Crippen LogP contribution in [0.15, 0.2) is 24.3 Å². The first kappa shape index (κ1) is 16.3. The van der Waals surface area contributed by atoms with Gasteiger partial charge >= 0.3 is 0 Å². The molecule has 1 aliphatic rings. The average molecular weight is 291 g/mol. The van der Waals surface area contributed by atoms with Gasteiger partial charge in [0, 0.05) is 6.54 Å². The molecule has 1 unspecified atom stereocenters. The first-order valence-electron chi connectivity index (χ1n) is 8.38. The lowest BCUT2D eigenvalue weighted by Gasteiger charge is -2.15. The van der Waals surface area contributed by atoms with E-state index < -0.39 is 6.10 Å². The van der Waals surface area contributed by atoms with Crippen molar-refractivity contribution in [3.8, 4) is 5.75 Å². The fraction of sp³-hybridized carbons (Fsp3) is 0.667. The van der Waals surface area contributed by atoms with Gasteiger partial charge in [0.1, 0.15) is 18.5 Å². The molecule has 1 fully saturated rings. The molecule has 0 saturated heterocycles. The topological polar surface area (TPSA) is 41.5 Å². The van der Waals surface area contributed by atoms with E-state index in [1.54, 1.807) is 0 Å². The van der Waals surface area contributed by atoms with Crippen LogP contribution in [0, 0.1) is 5.92 Å². The Morgan fingerprint density at radius 1 is 1.33 bits per heavy atom. The highest BCUT2D eigenvalue weighted by atomic mass is 16.5. The fourth-order valence-electron chi connectivity index (χ4n) is 2.98. The minimum Gasteiger partial charge on any atom is -0.491 e. The van der Waals surface area contributed by atoms with Crippen LogP contribution < -0.4 is 10.1 Å². The van der Waals surface area contributed by atoms with Crippen LogP contribution in [0.5, 0.6) is 5.75 Å². The summed E-state index contributed by atoms with van der Waals surface area (Å²) in [6.07, 6.45) is 7.38. The molecule has 2 rings (SSSR count). The van der Waals surface area contributed by atoms with Crippen molar-refractivity contribution < 1.29 is 9.84 Å². The van der Waals surface area contributed by atoms with E-state index in [2.05, 4.69) is 18.3 Å². The predicted molar refractivity (Wildman–Crippen MR) is 86.8 cm³/mol. The number of aliphatic hydroxyl groups is 1. The van der Waals surface area contributed by atoms with Crippen molar-refractivity contribution in [1.29, 1.82) is 0 Å². The van der Waals surface area contributed by atoms with E-state index in [-0.39, 0.29) is 0 Å². The molecule has 0 heterocycles. The number of rotatable bonds is 9. The second-order valence-electron chi connectivity index (χ2n) is 6.11. The summed E-state index contributed by atoms with van der Waals surface area (Å²) in [5.41, 5.74) is 1.26. The number of aliphatic hydroxyl groups excluding tert-OH is 1. The predicted octanol–water partition coefficient (Wildman–Crippen LogP) is 3.16. The van der Waals surface area contributed by atoms with Crippen LogP contribution in [0.3, 0.4) is 0 Å². The summed E-state index contributed by atoms with van der Waals surface area (Å²) in [6.45, 7) is 4.10. The molecule has 2 N–H and O–H groups in total. The zero-order valence-electron chi connectivity index (χ0n) is 13.2. The Labute approximate surface area is 128 Å². The third kappa shape index (κ3) is 6.06. The number of hydrogen-bond donors (Lipinski definition) is 2. The molecule has 0 spiro atoms. The van der Waals surface area contributed by atoms with Gasteiger partial charge in [0.25, 0.3) is 0 Å². The van der Waals surface area contributed by atoms with Crippen molar-refractivity contribution in [3.63, 3.8) is 0 Å². The normalized spacial score (nSPS) is 17.0. The maximum atomic E-state index is 9.94. The minimum absolute atomic E-state index is 0.351. The molecule has 1 atom stereocenters. The van der Waals surface area contributed by atoms with Crippen LogP contribution in [-0.4, -0.2) is 30.9 Å². The van der Waals surface area contributed by atoms with E-state index in [0.717, 1.165) is 24.6 Å². The van der Waals surface area contributed by atoms with Gasteiger partial charge in [-0.05, 0) is 43.0 Å². The van der Waals surface area contributed by atoms with E-state index in [0.29, 0.717) is 13.2 Å². The highest BCUT2D eigenvalue weighted by Gasteiger charge is 2.14. The van der Waals surface area contributed by atoms with E-state index in [9.17, 15) is 5.11 Å². The van der Waals surface area contributed by atoms with E-state index >= 15 is 0 Å². The molecular formula is C18H29NO2. The summed E-state index contributed by atoms with van der Waals surface area (Å²) < 4.78 is 5.65. The Balaban J connectivity index is 1.57. The van der Waals surface area contributed by atoms with Gasteiger partial charge in [-0.1, -0.05) is 44.7 Å². The third-order valence-corrected chi connectivity index (χ3v) is 4.33. The van der Waals surface area contributed by atoms with Gasteiger partial charge in [-0.25, -0.2) is 0 Å². The molecule has 1 aliphatic carbocycles. The molecule has 0 bridgehead atoms. The standard InChI is InChI=1S/C18H29NO2/c1-2-15-8-5-9-18(12-15)21-14-17(20)13-19-11-10-16-6-3-4-7-16/h5,8-9,12,16-17,19-20H,2-4,6-7,10-11,13-14H2,1H3. The molecule has 3 nitrogen and oxygen atoms in total. The number of nitrogens with one attached hydrogen (secondary N) is 1. The van der Waals surface area contributed by atoms with Crippen LogP contribution in [0.25, 0.3) is 0 Å². The second-order valence-corrected chi connectivity index (χ2v) is 6.11. The summed E-state index contributed by atoms with van der Waals surface area (Å²) in [5.74, 6) is 1.75. The third-order valence-electron chi connectivity index (χ3n) is 4.33. The molecule has 0 aliphatic heterocycles. The Morgan fingerprint density at radius 2 is 2.14 bits per heavy atom. The van der Waals surface area contributed by atoms with Crippen molar-refractivity contribution in [2.75, 3.05) is 19.7 Å². The minimum atomic E-state index is -0.445. The Bertz CT molecular complexity index is 402. The fourth-order valence-corrected chi connectivity index (χ4v) is 2.98. The summed E-state index contributed by atoms with van der Waals surface area (Å²) in [4.78, 5) is 0. The first-order chi connectivity index (χ1) is 10.3. The van der Waals surface area contributed by atoms with Crippen LogP contribution in [0.2, 0.25) is 0 Å². The van der Waals surface area contributed by atoms with Crippen LogP contribution >= 0.6 is 0 Å². The largest absolute Gasteiger partial charge is 0.491 e. The zero-order valence-corrected chi connectivity index (χ0v) is 13.2. The maximum absolute atomic E-state index is 9.94. The van der Waals surface area contributed by atoms with Gasteiger partial charge in [-0.3, -0.25) is 0 Å². The quantitative estimate of drug-likeness (QED) is 0.687. The Hall–Kier alpha value is -1.06. The number of ether oxygens (including phenoxy) is 1. The Morgan fingerprint density at radius 3 is 2.90 bits per heavy atom. The van der Waals surface area contributed by atoms with Gasteiger partial charge < -0.3 is 15.2 Å². The summed E-state index contributed by atoms with van der Waals surface area (Å²) in [6, 6.07) is 8.08. The average Bonchev–Trinajstić information content (AvgIpc) is 3.03. The monoisotopic (exact) mass is 291 g/mol. The molecular weight excluding hydrogens is 262 g/mol. The van der Waals surface area contributed by atoms with Crippen molar-refractivity contribution >= 4 is 0 Å². The van der Waals surface area contributed by atoms with Crippen LogP contribution in [0.4, 0.5) is 0 Å². The van der Waals surface area contributed by atoms with Gasteiger partial charge in [0.2, 0.25) is 0 Å². The summed E-state index contributed by atoms with van der Waals surface area (Å²) >= 11 is 0. The van der Waals surface area contributed by atoms with Crippen molar-refractivity contribution in [3.05, 3.63) is 29.8 Å². The Kier molecular flexibility index (Phi) is 7.04. The molecule has 0 aromatic heterocycles. The van der Waals surface area contributed by atoms with Crippen LogP contribution in [-0.2, 0) is 6.42 Å². The highest BCUT2D eigenvalue weighted by molar-refractivity contribution is 5.28. The summed E-state index contributed by atoms with van der Waals surface area (Å²) in [7, 11) is 0. The first-order valence-corrected chi connectivity index (χ1v) is 8.38. The molecule has 1 aromatic rings. The molecule has 3 heteroatoms. The van der Waals surface area contributed by atoms with E-state index in [1.165, 1.54) is 37.7 Å². The van der Waals surface area contributed by atoms with Crippen molar-refractivity contribution in [2.24, 2.45) is 5.92 Å². The molecule has 0 amide bonds. The molecule has 21 heavy (non-hydrogen) atoms. The second kappa shape index (κ2) is 9.06. The van der Waals surface area contributed by atoms with Gasteiger partial charge in [0.05, 0.1) is 0 Å². The maximum Gasteiger partial charge on any atom is 0.119 e. The molecule has 0 radical (unpaired) electrons. The lowest BCUT2D eigenvalue weighted by atomic mass is 10.0. The lowest BCUT2D eigenvalue weighted by molar-refractivity contribution is 0.106. The SMILES string of the molecule is CCc1cccc(OCC(O)CNCCC2CCCC2)c1. The molecule has 1 aromatic carbocycles. The molecule has 1 saturated carbocycles. The van der Waals surface area contributed by atoms with Crippen molar-refractivity contribution in [2.45, 2.75) is 51.6 Å². The zero-order chi connectivity index (χ0) is 14.9. The number of benzene rings is 1.